The van der Waals surface area contributed by atoms with Crippen molar-refractivity contribution in [2.45, 2.75) is 34.1 Å². The predicted octanol–water partition coefficient (Wildman–Crippen LogP) is 3.72. The molecule has 0 atom stereocenters. The molecule has 0 N–H and O–H groups in total. The third-order valence-electron chi connectivity index (χ3n) is 3.03. The number of rotatable bonds is 1. The van der Waals surface area contributed by atoms with Crippen molar-refractivity contribution in [1.82, 2.24) is 4.98 Å². The van der Waals surface area contributed by atoms with Crippen molar-refractivity contribution < 1.29 is 0 Å². The highest BCUT2D eigenvalue weighted by Gasteiger charge is 2.05. The van der Waals surface area contributed by atoms with Crippen molar-refractivity contribution in [3.05, 3.63) is 40.6 Å². The van der Waals surface area contributed by atoms with Crippen molar-refractivity contribution in [3.63, 3.8) is 0 Å². The molecule has 0 spiro atoms. The summed E-state index contributed by atoms with van der Waals surface area (Å²) in [5.74, 6) is 0. The predicted molar refractivity (Wildman–Crippen MR) is 65.3 cm³/mol. The Labute approximate surface area is 91.2 Å². The molecule has 0 saturated heterocycles. The van der Waals surface area contributed by atoms with Gasteiger partial charge in [0.15, 0.2) is 0 Å². The molecule has 0 aliphatic rings. The molecule has 1 heterocycles. The van der Waals surface area contributed by atoms with Gasteiger partial charge in [-0.05, 0) is 49.9 Å². The maximum Gasteiger partial charge on any atom is 0.0737 e. The number of benzene rings is 1. The van der Waals surface area contributed by atoms with E-state index in [0.717, 1.165) is 11.9 Å². The Balaban J connectivity index is 2.86. The summed E-state index contributed by atoms with van der Waals surface area (Å²) in [6, 6.07) is 6.59. The Morgan fingerprint density at radius 1 is 1.00 bits per heavy atom. The smallest absolute Gasteiger partial charge is 0.0737 e. The van der Waals surface area contributed by atoms with Gasteiger partial charge < -0.3 is 0 Å². The third kappa shape index (κ3) is 1.63. The lowest BCUT2D eigenvalue weighted by Crippen LogP contribution is -1.95. The van der Waals surface area contributed by atoms with Crippen LogP contribution in [0.3, 0.4) is 0 Å². The quantitative estimate of drug-likeness (QED) is 0.682. The van der Waals surface area contributed by atoms with Crippen LogP contribution < -0.4 is 0 Å². The Bertz CT molecular complexity index is 512. The number of fused-ring (bicyclic) bond motifs is 1. The second-order valence-electron chi connectivity index (χ2n) is 4.20. The Morgan fingerprint density at radius 3 is 2.33 bits per heavy atom. The normalized spacial score (nSPS) is 10.9. The molecule has 2 rings (SSSR count). The van der Waals surface area contributed by atoms with Crippen molar-refractivity contribution in [2.75, 3.05) is 0 Å². The Kier molecular flexibility index (Phi) is 2.47. The highest BCUT2D eigenvalue weighted by Crippen LogP contribution is 2.23. The standard InChI is InChI=1S/C14H17N/c1-5-13-11(4)8-12-9(2)6-7-10(3)14(12)15-13/h6-8H,5H2,1-4H3. The second-order valence-corrected chi connectivity index (χ2v) is 4.20. The molecule has 2 aromatic rings. The second kappa shape index (κ2) is 3.65. The number of nitrogens with zero attached hydrogens (tertiary/aromatic N) is 1. The van der Waals surface area contributed by atoms with Gasteiger partial charge in [-0.15, -0.1) is 0 Å². The molecule has 0 saturated carbocycles. The number of aromatic nitrogens is 1. The molecule has 0 aliphatic heterocycles. The Morgan fingerprint density at radius 2 is 1.67 bits per heavy atom. The van der Waals surface area contributed by atoms with Crippen molar-refractivity contribution in [3.8, 4) is 0 Å². The van der Waals surface area contributed by atoms with E-state index in [1.54, 1.807) is 0 Å². The van der Waals surface area contributed by atoms with Gasteiger partial charge in [-0.25, -0.2) is 0 Å². The monoisotopic (exact) mass is 199 g/mol. The highest BCUT2D eigenvalue weighted by atomic mass is 14.7. The maximum absolute atomic E-state index is 4.75. The van der Waals surface area contributed by atoms with E-state index in [0.29, 0.717) is 0 Å². The van der Waals surface area contributed by atoms with Gasteiger partial charge in [-0.3, -0.25) is 4.98 Å². The van der Waals surface area contributed by atoms with E-state index in [1.165, 1.54) is 27.8 Å². The summed E-state index contributed by atoms with van der Waals surface area (Å²) in [4.78, 5) is 4.75. The van der Waals surface area contributed by atoms with Crippen LogP contribution in [-0.2, 0) is 6.42 Å². The van der Waals surface area contributed by atoms with Crippen molar-refractivity contribution in [1.29, 1.82) is 0 Å². The summed E-state index contributed by atoms with van der Waals surface area (Å²) in [6.45, 7) is 8.58. The maximum atomic E-state index is 4.75. The van der Waals surface area contributed by atoms with Crippen LogP contribution in [-0.4, -0.2) is 4.98 Å². The molecule has 0 fully saturated rings. The van der Waals surface area contributed by atoms with E-state index in [2.05, 4.69) is 45.9 Å². The molecule has 1 aromatic carbocycles. The summed E-state index contributed by atoms with van der Waals surface area (Å²) in [5, 5.41) is 1.30. The van der Waals surface area contributed by atoms with Crippen LogP contribution in [0, 0.1) is 20.8 Å². The van der Waals surface area contributed by atoms with Gasteiger partial charge in [0, 0.05) is 11.1 Å². The zero-order chi connectivity index (χ0) is 11.0. The van der Waals surface area contributed by atoms with Gasteiger partial charge >= 0.3 is 0 Å². The first-order valence-electron chi connectivity index (χ1n) is 5.50. The van der Waals surface area contributed by atoms with Crippen LogP contribution in [0.5, 0.6) is 0 Å². The highest BCUT2D eigenvalue weighted by molar-refractivity contribution is 5.85. The molecule has 1 aromatic heterocycles. The Hall–Kier alpha value is -1.37. The number of pyridine rings is 1. The summed E-state index contributed by atoms with van der Waals surface area (Å²) in [5.41, 5.74) is 6.27. The van der Waals surface area contributed by atoms with Crippen LogP contribution in [0.15, 0.2) is 18.2 Å². The lowest BCUT2D eigenvalue weighted by atomic mass is 10.0. The summed E-state index contributed by atoms with van der Waals surface area (Å²) < 4.78 is 0. The van der Waals surface area contributed by atoms with Crippen molar-refractivity contribution in [2.24, 2.45) is 0 Å². The van der Waals surface area contributed by atoms with E-state index in [-0.39, 0.29) is 0 Å². The molecule has 0 radical (unpaired) electrons. The van der Waals surface area contributed by atoms with Crippen LogP contribution in [0.4, 0.5) is 0 Å². The van der Waals surface area contributed by atoms with E-state index in [1.807, 2.05) is 0 Å². The summed E-state index contributed by atoms with van der Waals surface area (Å²) in [6.07, 6.45) is 1.01. The minimum absolute atomic E-state index is 1.01. The fourth-order valence-corrected chi connectivity index (χ4v) is 2.03. The van der Waals surface area contributed by atoms with Crippen LogP contribution in [0.1, 0.15) is 29.3 Å². The lowest BCUT2D eigenvalue weighted by Gasteiger charge is -2.09. The van der Waals surface area contributed by atoms with Gasteiger partial charge in [0.05, 0.1) is 5.52 Å². The van der Waals surface area contributed by atoms with Gasteiger partial charge in [0.1, 0.15) is 0 Å². The number of aryl methyl sites for hydroxylation is 4. The molecular weight excluding hydrogens is 182 g/mol. The lowest BCUT2D eigenvalue weighted by molar-refractivity contribution is 1.03. The number of hydrogen-bond acceptors (Lipinski definition) is 1. The van der Waals surface area contributed by atoms with Crippen molar-refractivity contribution >= 4 is 10.9 Å². The van der Waals surface area contributed by atoms with E-state index < -0.39 is 0 Å². The largest absolute Gasteiger partial charge is 0.252 e. The molecule has 0 aliphatic carbocycles. The minimum Gasteiger partial charge on any atom is -0.252 e. The molecule has 0 unspecified atom stereocenters. The third-order valence-corrected chi connectivity index (χ3v) is 3.03. The van der Waals surface area contributed by atoms with E-state index >= 15 is 0 Å². The fraction of sp³-hybridized carbons (Fsp3) is 0.357. The zero-order valence-electron chi connectivity index (χ0n) is 9.89. The molecular formula is C14H17N. The van der Waals surface area contributed by atoms with Crippen LogP contribution in [0.2, 0.25) is 0 Å². The molecule has 1 nitrogen and oxygen atoms in total. The first-order valence-corrected chi connectivity index (χ1v) is 5.50. The zero-order valence-corrected chi connectivity index (χ0v) is 9.89. The van der Waals surface area contributed by atoms with Gasteiger partial charge in [0.25, 0.3) is 0 Å². The SMILES string of the molecule is CCc1nc2c(C)ccc(C)c2cc1C. The minimum atomic E-state index is 1.01. The van der Waals surface area contributed by atoms with Gasteiger partial charge in [0.2, 0.25) is 0 Å². The van der Waals surface area contributed by atoms with Gasteiger partial charge in [-0.2, -0.15) is 0 Å². The number of hydrogen-bond donors (Lipinski definition) is 0. The average molecular weight is 199 g/mol. The van der Waals surface area contributed by atoms with E-state index in [9.17, 15) is 0 Å². The first kappa shape index (κ1) is 10.2. The van der Waals surface area contributed by atoms with Crippen LogP contribution in [0.25, 0.3) is 10.9 Å². The first-order chi connectivity index (χ1) is 7.13. The van der Waals surface area contributed by atoms with Gasteiger partial charge in [-0.1, -0.05) is 19.1 Å². The summed E-state index contributed by atoms with van der Waals surface area (Å²) in [7, 11) is 0. The molecule has 0 amide bonds. The van der Waals surface area contributed by atoms with Crippen LogP contribution >= 0.6 is 0 Å². The van der Waals surface area contributed by atoms with E-state index in [4.69, 9.17) is 4.98 Å². The molecule has 1 heteroatoms. The average Bonchev–Trinajstić information content (AvgIpc) is 2.23. The fourth-order valence-electron chi connectivity index (χ4n) is 2.03. The summed E-state index contributed by atoms with van der Waals surface area (Å²) >= 11 is 0. The molecule has 78 valence electrons. The molecule has 15 heavy (non-hydrogen) atoms. The molecule has 0 bridgehead atoms. The topological polar surface area (TPSA) is 12.9 Å².